The van der Waals surface area contributed by atoms with E-state index in [1.165, 1.54) is 0 Å². The van der Waals surface area contributed by atoms with Gasteiger partial charge in [-0.2, -0.15) is 0 Å². The van der Waals surface area contributed by atoms with E-state index in [4.69, 9.17) is 4.74 Å². The molecule has 0 heterocycles. The third-order valence-electron chi connectivity index (χ3n) is 2.84. The second kappa shape index (κ2) is 6.43. The van der Waals surface area contributed by atoms with Crippen LogP contribution >= 0.6 is 15.9 Å². The van der Waals surface area contributed by atoms with Gasteiger partial charge >= 0.3 is 0 Å². The number of hydrogen-bond acceptors (Lipinski definition) is 2. The van der Waals surface area contributed by atoms with Crippen molar-refractivity contribution in [1.29, 1.82) is 0 Å². The number of nitrogens with one attached hydrogen (secondary N) is 1. The minimum atomic E-state index is 0.677. The monoisotopic (exact) mass is 317 g/mol. The summed E-state index contributed by atoms with van der Waals surface area (Å²) in [6.45, 7) is 4.78. The molecule has 2 rings (SSSR count). The summed E-state index contributed by atoms with van der Waals surface area (Å²) in [7, 11) is 1.67. The summed E-state index contributed by atoms with van der Waals surface area (Å²) in [4.78, 5) is 0. The van der Waals surface area contributed by atoms with E-state index in [1.54, 1.807) is 7.11 Å². The minimum Gasteiger partial charge on any atom is -0.495 e. The van der Waals surface area contributed by atoms with Crippen LogP contribution in [0.1, 0.15) is 5.56 Å². The van der Waals surface area contributed by atoms with Crippen molar-refractivity contribution in [3.63, 3.8) is 0 Å². The molecule has 0 aliphatic rings. The van der Waals surface area contributed by atoms with Gasteiger partial charge in [-0.25, -0.2) is 0 Å². The fourth-order valence-corrected chi connectivity index (χ4v) is 2.16. The van der Waals surface area contributed by atoms with Crippen LogP contribution in [-0.2, 0) is 0 Å². The zero-order valence-corrected chi connectivity index (χ0v) is 12.4. The summed E-state index contributed by atoms with van der Waals surface area (Å²) in [5.41, 5.74) is 3.14. The van der Waals surface area contributed by atoms with Crippen molar-refractivity contribution >= 4 is 27.2 Å². The van der Waals surface area contributed by atoms with Crippen molar-refractivity contribution < 1.29 is 4.74 Å². The van der Waals surface area contributed by atoms with E-state index in [-0.39, 0.29) is 0 Å². The van der Waals surface area contributed by atoms with Crippen LogP contribution in [0.15, 0.2) is 59.6 Å². The maximum atomic E-state index is 5.33. The summed E-state index contributed by atoms with van der Waals surface area (Å²) in [6.07, 6.45) is 0. The van der Waals surface area contributed by atoms with Crippen molar-refractivity contribution in [2.45, 2.75) is 0 Å². The number of hydrogen-bond donors (Lipinski definition) is 1. The van der Waals surface area contributed by atoms with E-state index in [0.29, 0.717) is 6.54 Å². The second-order valence-electron chi connectivity index (χ2n) is 4.17. The molecule has 0 atom stereocenters. The molecule has 0 fully saturated rings. The van der Waals surface area contributed by atoms with E-state index in [0.717, 1.165) is 27.0 Å². The second-order valence-corrected chi connectivity index (χ2v) is 5.08. The first-order chi connectivity index (χ1) is 9.20. The van der Waals surface area contributed by atoms with Crippen LogP contribution in [0.5, 0.6) is 5.75 Å². The van der Waals surface area contributed by atoms with Gasteiger partial charge in [0.2, 0.25) is 0 Å². The Hall–Kier alpha value is -1.74. The molecule has 2 aromatic carbocycles. The molecule has 0 amide bonds. The van der Waals surface area contributed by atoms with Gasteiger partial charge < -0.3 is 10.1 Å². The molecule has 0 unspecified atom stereocenters. The molecule has 0 saturated carbocycles. The van der Waals surface area contributed by atoms with Crippen LogP contribution in [-0.4, -0.2) is 13.7 Å². The quantitative estimate of drug-likeness (QED) is 0.871. The predicted molar refractivity (Wildman–Crippen MR) is 84.7 cm³/mol. The molecule has 0 bridgehead atoms. The van der Waals surface area contributed by atoms with Crippen LogP contribution in [0, 0.1) is 0 Å². The molecule has 98 valence electrons. The summed E-state index contributed by atoms with van der Waals surface area (Å²) < 4.78 is 6.34. The highest BCUT2D eigenvalue weighted by molar-refractivity contribution is 9.10. The van der Waals surface area contributed by atoms with Crippen LogP contribution in [0.4, 0.5) is 5.69 Å². The molecule has 0 aliphatic carbocycles. The lowest BCUT2D eigenvalue weighted by Gasteiger charge is -2.13. The minimum absolute atomic E-state index is 0.677. The summed E-state index contributed by atoms with van der Waals surface area (Å²) in [5.74, 6) is 0.823. The zero-order chi connectivity index (χ0) is 13.7. The van der Waals surface area contributed by atoms with Crippen LogP contribution < -0.4 is 10.1 Å². The standard InChI is InChI=1S/C16H16BrNO/c1-12(13-6-4-3-5-7-13)11-18-15-10-14(17)8-9-16(15)19-2/h3-10,18H,1,11H2,2H3. The molecule has 2 aromatic rings. The Morgan fingerprint density at radius 2 is 1.95 bits per heavy atom. The number of ether oxygens (including phenoxy) is 1. The molecule has 0 aliphatic heterocycles. The first kappa shape index (κ1) is 13.7. The van der Waals surface area contributed by atoms with Crippen molar-refractivity contribution in [2.24, 2.45) is 0 Å². The van der Waals surface area contributed by atoms with E-state index in [9.17, 15) is 0 Å². The van der Waals surface area contributed by atoms with Gasteiger partial charge in [0.1, 0.15) is 5.75 Å². The van der Waals surface area contributed by atoms with Gasteiger partial charge in [-0.05, 0) is 29.3 Å². The summed E-state index contributed by atoms with van der Waals surface area (Å²) in [6, 6.07) is 16.0. The molecule has 0 spiro atoms. The Kier molecular flexibility index (Phi) is 4.63. The van der Waals surface area contributed by atoms with Crippen molar-refractivity contribution in [3.05, 3.63) is 65.1 Å². The van der Waals surface area contributed by atoms with E-state index in [1.807, 2.05) is 36.4 Å². The lowest BCUT2D eigenvalue weighted by atomic mass is 10.1. The number of halogens is 1. The van der Waals surface area contributed by atoms with E-state index < -0.39 is 0 Å². The Morgan fingerprint density at radius 1 is 1.21 bits per heavy atom. The molecule has 19 heavy (non-hydrogen) atoms. The van der Waals surface area contributed by atoms with Crippen molar-refractivity contribution in [3.8, 4) is 5.75 Å². The van der Waals surface area contributed by atoms with Gasteiger partial charge in [-0.1, -0.05) is 52.8 Å². The Bertz CT molecular complexity index is 566. The molecule has 1 N–H and O–H groups in total. The Labute approximate surface area is 122 Å². The fraction of sp³-hybridized carbons (Fsp3) is 0.125. The van der Waals surface area contributed by atoms with Crippen LogP contribution in [0.3, 0.4) is 0 Å². The molecule has 0 aromatic heterocycles. The lowest BCUT2D eigenvalue weighted by Crippen LogP contribution is -2.04. The maximum absolute atomic E-state index is 5.33. The third-order valence-corrected chi connectivity index (χ3v) is 3.33. The Morgan fingerprint density at radius 3 is 2.63 bits per heavy atom. The maximum Gasteiger partial charge on any atom is 0.142 e. The average molecular weight is 318 g/mol. The molecule has 3 heteroatoms. The smallest absolute Gasteiger partial charge is 0.142 e. The third kappa shape index (κ3) is 3.61. The molecule has 0 radical (unpaired) electrons. The van der Waals surface area contributed by atoms with Gasteiger partial charge in [0, 0.05) is 11.0 Å². The summed E-state index contributed by atoms with van der Waals surface area (Å²) in [5, 5.41) is 3.35. The van der Waals surface area contributed by atoms with E-state index in [2.05, 4.69) is 40.0 Å². The predicted octanol–water partition coefficient (Wildman–Crippen LogP) is 4.58. The van der Waals surface area contributed by atoms with E-state index >= 15 is 0 Å². The number of methoxy groups -OCH3 is 1. The number of rotatable bonds is 5. The fourth-order valence-electron chi connectivity index (χ4n) is 1.80. The normalized spacial score (nSPS) is 10.0. The number of benzene rings is 2. The van der Waals surface area contributed by atoms with Gasteiger partial charge in [-0.15, -0.1) is 0 Å². The SMILES string of the molecule is C=C(CNc1cc(Br)ccc1OC)c1ccccc1. The average Bonchev–Trinajstić information content (AvgIpc) is 2.46. The molecular weight excluding hydrogens is 302 g/mol. The van der Waals surface area contributed by atoms with Crippen LogP contribution in [0.25, 0.3) is 5.57 Å². The largest absolute Gasteiger partial charge is 0.495 e. The highest BCUT2D eigenvalue weighted by Gasteiger charge is 2.04. The molecule has 0 saturated heterocycles. The molecule has 2 nitrogen and oxygen atoms in total. The van der Waals surface area contributed by atoms with Gasteiger partial charge in [0.15, 0.2) is 0 Å². The van der Waals surface area contributed by atoms with Crippen molar-refractivity contribution in [1.82, 2.24) is 0 Å². The van der Waals surface area contributed by atoms with Gasteiger partial charge in [-0.3, -0.25) is 0 Å². The summed E-state index contributed by atoms with van der Waals surface area (Å²) >= 11 is 3.46. The highest BCUT2D eigenvalue weighted by atomic mass is 79.9. The zero-order valence-electron chi connectivity index (χ0n) is 10.8. The number of anilines is 1. The Balaban J connectivity index is 2.07. The van der Waals surface area contributed by atoms with Gasteiger partial charge in [0.25, 0.3) is 0 Å². The molecular formula is C16H16BrNO. The lowest BCUT2D eigenvalue weighted by molar-refractivity contribution is 0.416. The highest BCUT2D eigenvalue weighted by Crippen LogP contribution is 2.28. The topological polar surface area (TPSA) is 21.3 Å². The first-order valence-corrected chi connectivity index (χ1v) is 6.80. The van der Waals surface area contributed by atoms with Crippen molar-refractivity contribution in [2.75, 3.05) is 19.0 Å². The van der Waals surface area contributed by atoms with Gasteiger partial charge in [0.05, 0.1) is 12.8 Å². The van der Waals surface area contributed by atoms with Crippen LogP contribution in [0.2, 0.25) is 0 Å². The first-order valence-electron chi connectivity index (χ1n) is 6.01.